The molecule has 1 aromatic heterocycles. The predicted octanol–water partition coefficient (Wildman–Crippen LogP) is 2.38. The number of benzene rings is 1. The van der Waals surface area contributed by atoms with E-state index in [1.807, 2.05) is 36.6 Å². The molecular formula is C13H14N4O2S3. The van der Waals surface area contributed by atoms with E-state index in [-0.39, 0.29) is 11.7 Å². The maximum Gasteiger partial charge on any atom is 0.321 e. The lowest BCUT2D eigenvalue weighted by molar-refractivity contribution is -0.117. The molecule has 0 aliphatic rings. The number of amides is 3. The summed E-state index contributed by atoms with van der Waals surface area (Å²) in [6.45, 7) is 0.376. The van der Waals surface area contributed by atoms with E-state index >= 15 is 0 Å². The lowest BCUT2D eigenvalue weighted by atomic mass is 10.2. The summed E-state index contributed by atoms with van der Waals surface area (Å²) in [4.78, 5) is 23.3. The van der Waals surface area contributed by atoms with Gasteiger partial charge in [0.15, 0.2) is 8.68 Å². The van der Waals surface area contributed by atoms with Crippen LogP contribution in [0.15, 0.2) is 39.0 Å². The van der Waals surface area contributed by atoms with Crippen molar-refractivity contribution in [3.8, 4) is 0 Å². The molecule has 3 amide bonds. The topological polar surface area (TPSA) is 84.0 Å². The highest BCUT2D eigenvalue weighted by atomic mass is 32.2. The Morgan fingerprint density at radius 1 is 1.18 bits per heavy atom. The first-order valence-electron chi connectivity index (χ1n) is 6.29. The van der Waals surface area contributed by atoms with Crippen molar-refractivity contribution >= 4 is 46.8 Å². The Kier molecular flexibility index (Phi) is 6.69. The maximum atomic E-state index is 11.7. The molecule has 0 unspecified atom stereocenters. The average molecular weight is 354 g/mol. The third-order valence-corrected chi connectivity index (χ3v) is 5.47. The van der Waals surface area contributed by atoms with Crippen LogP contribution in [0.4, 0.5) is 4.79 Å². The molecule has 9 heteroatoms. The van der Waals surface area contributed by atoms with Crippen LogP contribution >= 0.6 is 34.9 Å². The van der Waals surface area contributed by atoms with Gasteiger partial charge in [-0.15, -0.1) is 10.2 Å². The zero-order chi connectivity index (χ0) is 15.8. The van der Waals surface area contributed by atoms with Crippen molar-refractivity contribution in [1.29, 1.82) is 0 Å². The highest BCUT2D eigenvalue weighted by molar-refractivity contribution is 8.03. The van der Waals surface area contributed by atoms with Crippen molar-refractivity contribution in [2.24, 2.45) is 0 Å². The third-order valence-electron chi connectivity index (χ3n) is 2.44. The molecule has 2 N–H and O–H groups in total. The lowest BCUT2D eigenvalue weighted by Gasteiger charge is -2.06. The molecular weight excluding hydrogens is 340 g/mol. The fourth-order valence-corrected chi connectivity index (χ4v) is 3.69. The first-order chi connectivity index (χ1) is 10.7. The molecule has 22 heavy (non-hydrogen) atoms. The Hall–Kier alpha value is -1.58. The molecule has 1 heterocycles. The van der Waals surface area contributed by atoms with E-state index < -0.39 is 6.03 Å². The lowest BCUT2D eigenvalue weighted by Crippen LogP contribution is -2.39. The highest BCUT2D eigenvalue weighted by Crippen LogP contribution is 2.26. The molecule has 116 valence electrons. The normalized spacial score (nSPS) is 10.2. The van der Waals surface area contributed by atoms with Gasteiger partial charge in [-0.3, -0.25) is 10.1 Å². The van der Waals surface area contributed by atoms with E-state index in [0.29, 0.717) is 10.9 Å². The van der Waals surface area contributed by atoms with E-state index in [4.69, 9.17) is 0 Å². The number of aromatic nitrogens is 2. The molecule has 2 rings (SSSR count). The van der Waals surface area contributed by atoms with Gasteiger partial charge in [0, 0.05) is 6.54 Å². The van der Waals surface area contributed by atoms with Crippen LogP contribution in [-0.2, 0) is 11.3 Å². The molecule has 0 atom stereocenters. The number of thioether (sulfide) groups is 2. The summed E-state index contributed by atoms with van der Waals surface area (Å²) in [6, 6.07) is 8.98. The van der Waals surface area contributed by atoms with Crippen molar-refractivity contribution in [2.75, 3.05) is 12.0 Å². The van der Waals surface area contributed by atoms with Crippen LogP contribution in [0.5, 0.6) is 0 Å². The number of nitrogens with zero attached hydrogens (tertiary/aromatic N) is 2. The van der Waals surface area contributed by atoms with Gasteiger partial charge < -0.3 is 5.32 Å². The van der Waals surface area contributed by atoms with Crippen molar-refractivity contribution in [1.82, 2.24) is 20.8 Å². The molecule has 0 fully saturated rings. The van der Waals surface area contributed by atoms with Crippen molar-refractivity contribution in [3.05, 3.63) is 35.9 Å². The highest BCUT2D eigenvalue weighted by Gasteiger charge is 2.10. The van der Waals surface area contributed by atoms with Gasteiger partial charge in [-0.2, -0.15) is 0 Å². The Labute approximate surface area is 140 Å². The van der Waals surface area contributed by atoms with Crippen LogP contribution in [0.25, 0.3) is 0 Å². The molecule has 1 aromatic carbocycles. The molecule has 0 aliphatic heterocycles. The number of carbonyl (C=O) groups excluding carboxylic acids is 2. The summed E-state index contributed by atoms with van der Waals surface area (Å²) < 4.78 is 1.56. The number of hydrogen-bond donors (Lipinski definition) is 2. The maximum absolute atomic E-state index is 11.7. The average Bonchev–Trinajstić information content (AvgIpc) is 3.00. The first-order valence-corrected chi connectivity index (χ1v) is 9.32. The quantitative estimate of drug-likeness (QED) is 0.775. The Balaban J connectivity index is 1.68. The van der Waals surface area contributed by atoms with Crippen molar-refractivity contribution in [3.63, 3.8) is 0 Å². The molecule has 0 saturated heterocycles. The molecule has 0 spiro atoms. The fraction of sp³-hybridized carbons (Fsp3) is 0.231. The molecule has 0 bridgehead atoms. The van der Waals surface area contributed by atoms with E-state index in [1.165, 1.54) is 34.9 Å². The van der Waals surface area contributed by atoms with E-state index in [0.717, 1.165) is 9.90 Å². The first kappa shape index (κ1) is 16.8. The number of nitrogens with one attached hydrogen (secondary N) is 2. The Morgan fingerprint density at radius 2 is 1.91 bits per heavy atom. The van der Waals surface area contributed by atoms with Crippen LogP contribution in [-0.4, -0.2) is 34.1 Å². The zero-order valence-electron chi connectivity index (χ0n) is 11.7. The molecule has 0 saturated carbocycles. The Morgan fingerprint density at radius 3 is 2.59 bits per heavy atom. The van der Waals surface area contributed by atoms with Crippen molar-refractivity contribution < 1.29 is 9.59 Å². The van der Waals surface area contributed by atoms with Crippen LogP contribution < -0.4 is 10.6 Å². The number of imide groups is 1. The van der Waals surface area contributed by atoms with Gasteiger partial charge in [0.1, 0.15) is 0 Å². The van der Waals surface area contributed by atoms with Gasteiger partial charge in [-0.1, -0.05) is 65.2 Å². The SMILES string of the molecule is CSc1nnc(SCC(=O)NC(=O)NCc2ccccc2)s1. The number of hydrogen-bond acceptors (Lipinski definition) is 7. The second-order valence-electron chi connectivity index (χ2n) is 4.04. The monoisotopic (exact) mass is 354 g/mol. The summed E-state index contributed by atoms with van der Waals surface area (Å²) in [6.07, 6.45) is 1.92. The zero-order valence-corrected chi connectivity index (χ0v) is 14.2. The van der Waals surface area contributed by atoms with Gasteiger partial charge in [-0.25, -0.2) is 4.79 Å². The van der Waals surface area contributed by atoms with E-state index in [2.05, 4.69) is 20.8 Å². The number of rotatable bonds is 6. The third kappa shape index (κ3) is 5.66. The second-order valence-corrected chi connectivity index (χ2v) is 7.30. The number of urea groups is 1. The smallest absolute Gasteiger partial charge is 0.321 e. The summed E-state index contributed by atoms with van der Waals surface area (Å²) in [5.41, 5.74) is 0.970. The summed E-state index contributed by atoms with van der Waals surface area (Å²) >= 11 is 4.19. The predicted molar refractivity (Wildman–Crippen MR) is 89.2 cm³/mol. The van der Waals surface area contributed by atoms with Gasteiger partial charge >= 0.3 is 6.03 Å². The van der Waals surface area contributed by atoms with Crippen LogP contribution in [0, 0.1) is 0 Å². The second kappa shape index (κ2) is 8.76. The van der Waals surface area contributed by atoms with E-state index in [1.54, 1.807) is 0 Å². The van der Waals surface area contributed by atoms with Crippen molar-refractivity contribution in [2.45, 2.75) is 15.2 Å². The summed E-state index contributed by atoms with van der Waals surface area (Å²) in [5.74, 6) is -0.238. The minimum atomic E-state index is -0.503. The van der Waals surface area contributed by atoms with Crippen LogP contribution in [0.2, 0.25) is 0 Å². The molecule has 6 nitrogen and oxygen atoms in total. The van der Waals surface area contributed by atoms with E-state index in [9.17, 15) is 9.59 Å². The van der Waals surface area contributed by atoms with Gasteiger partial charge in [0.2, 0.25) is 5.91 Å². The van der Waals surface area contributed by atoms with Gasteiger partial charge in [0.25, 0.3) is 0 Å². The minimum absolute atomic E-state index is 0.127. The largest absolute Gasteiger partial charge is 0.334 e. The van der Waals surface area contributed by atoms with Gasteiger partial charge in [0.05, 0.1) is 5.75 Å². The van der Waals surface area contributed by atoms with Gasteiger partial charge in [-0.05, 0) is 11.8 Å². The molecule has 0 radical (unpaired) electrons. The molecule has 0 aliphatic carbocycles. The van der Waals surface area contributed by atoms with Crippen LogP contribution in [0.1, 0.15) is 5.56 Å². The molecule has 2 aromatic rings. The Bertz CT molecular complexity index is 633. The minimum Gasteiger partial charge on any atom is -0.334 e. The standard InChI is InChI=1S/C13H14N4O2S3/c1-20-12-16-17-13(22-12)21-8-10(18)15-11(19)14-7-9-5-3-2-4-6-9/h2-6H,7-8H2,1H3,(H2,14,15,18,19). The number of carbonyl (C=O) groups is 2. The summed E-state index contributed by atoms with van der Waals surface area (Å²) in [7, 11) is 0. The fourth-order valence-electron chi connectivity index (χ4n) is 1.45. The summed E-state index contributed by atoms with van der Waals surface area (Å²) in [5, 5.41) is 12.8. The van der Waals surface area contributed by atoms with Crippen LogP contribution in [0.3, 0.4) is 0 Å².